The van der Waals surface area contributed by atoms with E-state index in [1.54, 1.807) is 0 Å². The van der Waals surface area contributed by atoms with E-state index in [0.29, 0.717) is 11.5 Å². The van der Waals surface area contributed by atoms with Gasteiger partial charge in [-0.05, 0) is 68.4 Å². The smallest absolute Gasteiger partial charge is 0.265 e. The average Bonchev–Trinajstić information content (AvgIpc) is 3.25. The summed E-state index contributed by atoms with van der Waals surface area (Å²) in [6.45, 7) is 4.51. The molecule has 0 bridgehead atoms. The van der Waals surface area contributed by atoms with Crippen LogP contribution in [0, 0.1) is 6.92 Å². The number of hydrogen-bond donors (Lipinski definition) is 1. The van der Waals surface area contributed by atoms with Gasteiger partial charge in [-0.1, -0.05) is 15.9 Å². The quantitative estimate of drug-likeness (QED) is 0.413. The second-order valence-electron chi connectivity index (χ2n) is 6.21. The van der Waals surface area contributed by atoms with Gasteiger partial charge in [-0.3, -0.25) is 4.79 Å². The summed E-state index contributed by atoms with van der Waals surface area (Å²) in [5, 5.41) is 8.56. The minimum Gasteiger partial charge on any atom is -0.494 e. The highest BCUT2D eigenvalue weighted by molar-refractivity contribution is 9.10. The van der Waals surface area contributed by atoms with Gasteiger partial charge < -0.3 is 10.1 Å². The van der Waals surface area contributed by atoms with Gasteiger partial charge in [-0.2, -0.15) is 5.10 Å². The van der Waals surface area contributed by atoms with Gasteiger partial charge in [0.1, 0.15) is 10.6 Å². The van der Waals surface area contributed by atoms with E-state index in [-0.39, 0.29) is 5.91 Å². The summed E-state index contributed by atoms with van der Waals surface area (Å²) in [4.78, 5) is 14.3. The molecule has 0 spiro atoms. The highest BCUT2D eigenvalue weighted by Crippen LogP contribution is 2.31. The molecule has 1 amide bonds. The van der Waals surface area contributed by atoms with Crippen LogP contribution in [0.15, 0.2) is 59.1 Å². The first-order valence-electron chi connectivity index (χ1n) is 8.84. The van der Waals surface area contributed by atoms with Crippen LogP contribution >= 0.6 is 27.3 Å². The van der Waals surface area contributed by atoms with Crippen molar-refractivity contribution < 1.29 is 9.53 Å². The summed E-state index contributed by atoms with van der Waals surface area (Å²) in [6.07, 6.45) is 0. The van der Waals surface area contributed by atoms with E-state index in [1.165, 1.54) is 11.3 Å². The Hall–Kier alpha value is -2.64. The van der Waals surface area contributed by atoms with E-state index >= 15 is 0 Å². The molecule has 142 valence electrons. The number of anilines is 1. The summed E-state index contributed by atoms with van der Waals surface area (Å²) in [5.41, 5.74) is 2.59. The van der Waals surface area contributed by atoms with Gasteiger partial charge in [-0.15, -0.1) is 11.3 Å². The average molecular weight is 456 g/mol. The first kappa shape index (κ1) is 18.7. The Morgan fingerprint density at radius 2 is 1.89 bits per heavy atom. The fourth-order valence-electron chi connectivity index (χ4n) is 2.91. The topological polar surface area (TPSA) is 56.1 Å². The van der Waals surface area contributed by atoms with Crippen molar-refractivity contribution in [2.75, 3.05) is 11.9 Å². The van der Waals surface area contributed by atoms with Gasteiger partial charge in [0, 0.05) is 15.5 Å². The molecule has 7 heteroatoms. The molecule has 4 rings (SSSR count). The third-order valence-corrected chi connectivity index (χ3v) is 5.90. The highest BCUT2D eigenvalue weighted by atomic mass is 79.9. The fraction of sp³-hybridized carbons (Fsp3) is 0.143. The number of rotatable bonds is 5. The number of aromatic nitrogens is 2. The van der Waals surface area contributed by atoms with Gasteiger partial charge in [-0.25, -0.2) is 4.68 Å². The number of fused-ring (bicyclic) bond motifs is 1. The van der Waals surface area contributed by atoms with Crippen LogP contribution in [0.3, 0.4) is 0 Å². The lowest BCUT2D eigenvalue weighted by molar-refractivity contribution is 0.103. The maximum atomic E-state index is 12.7. The van der Waals surface area contributed by atoms with E-state index in [9.17, 15) is 4.79 Å². The number of benzene rings is 2. The van der Waals surface area contributed by atoms with Crippen molar-refractivity contribution in [1.82, 2.24) is 9.78 Å². The van der Waals surface area contributed by atoms with Crippen LogP contribution in [-0.4, -0.2) is 22.3 Å². The first-order valence-corrected chi connectivity index (χ1v) is 10.5. The van der Waals surface area contributed by atoms with Crippen molar-refractivity contribution in [1.29, 1.82) is 0 Å². The molecule has 0 fully saturated rings. The summed E-state index contributed by atoms with van der Waals surface area (Å²) in [5.74, 6) is 0.652. The number of aryl methyl sites for hydroxylation is 1. The normalized spacial score (nSPS) is 11.0. The second kappa shape index (κ2) is 7.77. The minimum atomic E-state index is -0.132. The molecule has 4 aromatic rings. The third-order valence-electron chi connectivity index (χ3n) is 4.26. The minimum absolute atomic E-state index is 0.132. The number of nitrogens with zero attached hydrogens (tertiary/aromatic N) is 2. The van der Waals surface area contributed by atoms with Crippen LogP contribution < -0.4 is 10.1 Å². The predicted octanol–water partition coefficient (Wildman–Crippen LogP) is 5.81. The molecule has 5 nitrogen and oxygen atoms in total. The first-order chi connectivity index (χ1) is 13.5. The molecule has 0 aliphatic carbocycles. The summed E-state index contributed by atoms with van der Waals surface area (Å²) >= 11 is 4.89. The van der Waals surface area contributed by atoms with Crippen LogP contribution in [0.5, 0.6) is 5.75 Å². The molecule has 0 aliphatic heterocycles. The number of nitrogens with one attached hydrogen (secondary N) is 1. The number of halogens is 1. The Morgan fingerprint density at radius 1 is 1.18 bits per heavy atom. The predicted molar refractivity (Wildman–Crippen MR) is 117 cm³/mol. The Labute approximate surface area is 175 Å². The number of carbonyl (C=O) groups excluding carboxylic acids is 1. The SMILES string of the molecule is CCOc1ccc(NC(=O)c2cc3c(C)nn(-c4ccc(Br)cc4)c3s2)cc1. The lowest BCUT2D eigenvalue weighted by Crippen LogP contribution is -2.10. The van der Waals surface area contributed by atoms with Crippen LogP contribution in [0.4, 0.5) is 5.69 Å². The molecule has 0 saturated carbocycles. The van der Waals surface area contributed by atoms with Gasteiger partial charge in [0.25, 0.3) is 5.91 Å². The standard InChI is InChI=1S/C21H18BrN3O2S/c1-3-27-17-10-6-15(7-11-17)23-20(26)19-12-18-13(2)24-25(21(18)28-19)16-8-4-14(22)5-9-16/h4-12H,3H2,1-2H3,(H,23,26). The maximum Gasteiger partial charge on any atom is 0.265 e. The highest BCUT2D eigenvalue weighted by Gasteiger charge is 2.17. The van der Waals surface area contributed by atoms with Crippen molar-refractivity contribution in [3.8, 4) is 11.4 Å². The molecule has 0 atom stereocenters. The summed E-state index contributed by atoms with van der Waals surface area (Å²) in [6, 6.07) is 17.2. The molecule has 2 aromatic heterocycles. The fourth-order valence-corrected chi connectivity index (χ4v) is 4.25. The Morgan fingerprint density at radius 3 is 2.57 bits per heavy atom. The maximum absolute atomic E-state index is 12.7. The van der Waals surface area contributed by atoms with Crippen LogP contribution in [0.25, 0.3) is 15.9 Å². The van der Waals surface area contributed by atoms with Crippen molar-refractivity contribution in [3.63, 3.8) is 0 Å². The monoisotopic (exact) mass is 455 g/mol. The molecule has 0 aliphatic rings. The summed E-state index contributed by atoms with van der Waals surface area (Å²) < 4.78 is 8.33. The van der Waals surface area contributed by atoms with Crippen LogP contribution in [-0.2, 0) is 0 Å². The summed E-state index contributed by atoms with van der Waals surface area (Å²) in [7, 11) is 0. The zero-order valence-electron chi connectivity index (χ0n) is 15.4. The van der Waals surface area contributed by atoms with Gasteiger partial charge in [0.2, 0.25) is 0 Å². The molecular weight excluding hydrogens is 438 g/mol. The van der Waals surface area contributed by atoms with Crippen molar-refractivity contribution in [3.05, 3.63) is 69.6 Å². The zero-order valence-corrected chi connectivity index (χ0v) is 17.8. The molecule has 2 aromatic carbocycles. The Kier molecular flexibility index (Phi) is 5.19. The number of hydrogen-bond acceptors (Lipinski definition) is 4. The van der Waals surface area contributed by atoms with Gasteiger partial charge in [0.05, 0.1) is 22.9 Å². The van der Waals surface area contributed by atoms with E-state index < -0.39 is 0 Å². The lowest BCUT2D eigenvalue weighted by atomic mass is 10.2. The number of thiophene rings is 1. The molecule has 0 unspecified atom stereocenters. The molecule has 0 radical (unpaired) electrons. The van der Waals surface area contributed by atoms with Gasteiger partial charge in [0.15, 0.2) is 0 Å². The zero-order chi connectivity index (χ0) is 19.7. The van der Waals surface area contributed by atoms with Crippen LogP contribution in [0.2, 0.25) is 0 Å². The van der Waals surface area contributed by atoms with Crippen molar-refractivity contribution >= 4 is 49.1 Å². The third kappa shape index (κ3) is 3.68. The van der Waals surface area contributed by atoms with Crippen molar-refractivity contribution in [2.45, 2.75) is 13.8 Å². The molecule has 2 heterocycles. The molecule has 28 heavy (non-hydrogen) atoms. The van der Waals surface area contributed by atoms with Gasteiger partial charge >= 0.3 is 0 Å². The van der Waals surface area contributed by atoms with E-state index in [1.807, 2.05) is 73.1 Å². The van der Waals surface area contributed by atoms with Crippen LogP contribution in [0.1, 0.15) is 22.3 Å². The lowest BCUT2D eigenvalue weighted by Gasteiger charge is -2.06. The number of ether oxygens (including phenoxy) is 1. The van der Waals surface area contributed by atoms with E-state index in [2.05, 4.69) is 26.3 Å². The Balaban J connectivity index is 1.61. The Bertz CT molecular complexity index is 1130. The molecule has 1 N–H and O–H groups in total. The molecule has 0 saturated heterocycles. The number of carbonyl (C=O) groups is 1. The van der Waals surface area contributed by atoms with E-state index in [4.69, 9.17) is 4.74 Å². The number of amides is 1. The second-order valence-corrected chi connectivity index (χ2v) is 8.16. The van der Waals surface area contributed by atoms with E-state index in [0.717, 1.165) is 37.5 Å². The largest absolute Gasteiger partial charge is 0.494 e. The van der Waals surface area contributed by atoms with Crippen molar-refractivity contribution in [2.24, 2.45) is 0 Å². The molecular formula is C21H18BrN3O2S.